The minimum Gasteiger partial charge on any atom is -0.502 e. The number of phenolic OH excluding ortho intramolecular Hbond substituents is 1. The second kappa shape index (κ2) is 7.97. The van der Waals surface area contributed by atoms with Crippen LogP contribution in [0.15, 0.2) is 12.1 Å². The number of methoxy groups -OCH3 is 2. The molecule has 1 aliphatic heterocycles. The van der Waals surface area contributed by atoms with Gasteiger partial charge in [-0.05, 0) is 17.7 Å². The third-order valence-electron chi connectivity index (χ3n) is 3.80. The maximum absolute atomic E-state index is 9.91. The smallest absolute Gasteiger partial charge is 0.200 e. The fourth-order valence-corrected chi connectivity index (χ4v) is 2.41. The number of aromatic hydroxyl groups is 1. The van der Waals surface area contributed by atoms with Gasteiger partial charge in [0.2, 0.25) is 5.75 Å². The van der Waals surface area contributed by atoms with E-state index in [4.69, 9.17) is 24.1 Å². The molecule has 24 heavy (non-hydrogen) atoms. The summed E-state index contributed by atoms with van der Waals surface area (Å²) in [5.74, 6) is 0.208. The number of ether oxygens (including phenoxy) is 4. The highest BCUT2D eigenvalue weighted by Gasteiger charge is 2.44. The highest BCUT2D eigenvalue weighted by atomic mass is 16.7. The number of benzene rings is 1. The molecule has 0 spiro atoms. The van der Waals surface area contributed by atoms with E-state index in [1.807, 2.05) is 0 Å². The van der Waals surface area contributed by atoms with E-state index in [1.54, 1.807) is 0 Å². The molecule has 9 nitrogen and oxygen atoms in total. The van der Waals surface area contributed by atoms with E-state index >= 15 is 0 Å². The lowest BCUT2D eigenvalue weighted by atomic mass is 9.99. The Kier molecular flexibility index (Phi) is 6.21. The number of phenols is 1. The maximum Gasteiger partial charge on any atom is 0.200 e. The van der Waals surface area contributed by atoms with Crippen LogP contribution in [0.25, 0.3) is 0 Å². The monoisotopic (exact) mass is 346 g/mol. The molecule has 0 bridgehead atoms. The number of aliphatic hydroxyl groups excluding tert-OH is 4. The molecular weight excluding hydrogens is 324 g/mol. The van der Waals surface area contributed by atoms with Gasteiger partial charge in [-0.15, -0.1) is 0 Å². The van der Waals surface area contributed by atoms with Crippen molar-refractivity contribution in [1.29, 1.82) is 0 Å². The van der Waals surface area contributed by atoms with Crippen LogP contribution in [0.2, 0.25) is 0 Å². The van der Waals surface area contributed by atoms with Gasteiger partial charge in [-0.25, -0.2) is 0 Å². The van der Waals surface area contributed by atoms with Crippen LogP contribution < -0.4 is 9.47 Å². The first-order valence-electron chi connectivity index (χ1n) is 7.28. The molecule has 1 aromatic carbocycles. The lowest BCUT2D eigenvalue weighted by Crippen LogP contribution is -2.59. The molecule has 2 rings (SSSR count). The zero-order chi connectivity index (χ0) is 17.9. The van der Waals surface area contributed by atoms with Crippen molar-refractivity contribution in [3.63, 3.8) is 0 Å². The third kappa shape index (κ3) is 3.72. The van der Waals surface area contributed by atoms with Crippen molar-refractivity contribution in [3.8, 4) is 17.2 Å². The highest BCUT2D eigenvalue weighted by molar-refractivity contribution is 5.52. The molecule has 0 unspecified atom stereocenters. The minimum atomic E-state index is -1.51. The number of aliphatic hydroxyl groups is 4. The molecule has 0 saturated carbocycles. The van der Waals surface area contributed by atoms with Gasteiger partial charge in [0.05, 0.1) is 27.4 Å². The van der Waals surface area contributed by atoms with Gasteiger partial charge >= 0.3 is 0 Å². The van der Waals surface area contributed by atoms with Crippen LogP contribution in [0.1, 0.15) is 5.56 Å². The Balaban J connectivity index is 2.09. The minimum absolute atomic E-state index is 0.0598. The van der Waals surface area contributed by atoms with Gasteiger partial charge in [-0.3, -0.25) is 0 Å². The van der Waals surface area contributed by atoms with Crippen LogP contribution in [0, 0.1) is 0 Å². The van der Waals surface area contributed by atoms with E-state index in [1.165, 1.54) is 26.4 Å². The lowest BCUT2D eigenvalue weighted by molar-refractivity contribution is -0.304. The molecule has 136 valence electrons. The molecule has 0 aliphatic carbocycles. The number of hydrogen-bond donors (Lipinski definition) is 5. The molecule has 1 fully saturated rings. The zero-order valence-electron chi connectivity index (χ0n) is 13.3. The first-order valence-corrected chi connectivity index (χ1v) is 7.28. The average molecular weight is 346 g/mol. The predicted octanol–water partition coefficient (Wildman–Crippen LogP) is -1.27. The van der Waals surface area contributed by atoms with E-state index in [0.29, 0.717) is 5.56 Å². The predicted molar refractivity (Wildman–Crippen MR) is 79.8 cm³/mol. The molecular formula is C15H22O9. The Labute approximate surface area is 138 Å². The average Bonchev–Trinajstić information content (AvgIpc) is 2.60. The summed E-state index contributed by atoms with van der Waals surface area (Å²) < 4.78 is 20.7. The van der Waals surface area contributed by atoms with Gasteiger partial charge in [0, 0.05) is 0 Å². The standard InChI is InChI=1S/C15H22O9/c1-21-8-3-7(4-9(22-2)11(8)17)6-23-15-14(20)13(19)12(18)10(5-16)24-15/h3-4,10,12-20H,5-6H2,1-2H3/t10-,12+,13+,14-,15+/m0/s1. The zero-order valence-corrected chi connectivity index (χ0v) is 13.3. The summed E-state index contributed by atoms with van der Waals surface area (Å²) in [6.45, 7) is -0.596. The largest absolute Gasteiger partial charge is 0.502 e. The van der Waals surface area contributed by atoms with E-state index in [2.05, 4.69) is 0 Å². The molecule has 0 radical (unpaired) electrons. The Hall–Kier alpha value is -1.62. The molecule has 1 aliphatic rings. The van der Waals surface area contributed by atoms with Crippen LogP contribution in [-0.4, -0.2) is 77.1 Å². The van der Waals surface area contributed by atoms with Crippen LogP contribution >= 0.6 is 0 Å². The SMILES string of the molecule is COc1cc(CO[C@@H]2O[C@@H](CO)[C@@H](O)[C@@H](O)[C@@H]2O)cc(OC)c1O. The third-order valence-corrected chi connectivity index (χ3v) is 3.80. The topological polar surface area (TPSA) is 138 Å². The summed E-state index contributed by atoms with van der Waals surface area (Å²) in [5, 5.41) is 48.4. The van der Waals surface area contributed by atoms with E-state index < -0.39 is 37.3 Å². The Morgan fingerprint density at radius 3 is 2.08 bits per heavy atom. The first-order chi connectivity index (χ1) is 11.4. The van der Waals surface area contributed by atoms with Crippen LogP contribution in [0.3, 0.4) is 0 Å². The molecule has 0 amide bonds. The summed E-state index contributed by atoms with van der Waals surface area (Å²) in [6.07, 6.45) is -6.73. The summed E-state index contributed by atoms with van der Waals surface area (Å²) in [4.78, 5) is 0. The van der Waals surface area contributed by atoms with Crippen LogP contribution in [0.4, 0.5) is 0 Å². The summed E-state index contributed by atoms with van der Waals surface area (Å²) in [5.41, 5.74) is 0.554. The molecule has 0 aromatic heterocycles. The normalized spacial score (nSPS) is 30.2. The quantitative estimate of drug-likeness (QED) is 0.426. The second-order valence-electron chi connectivity index (χ2n) is 5.36. The molecule has 5 N–H and O–H groups in total. The van der Waals surface area contributed by atoms with Crippen molar-refractivity contribution < 1.29 is 44.5 Å². The molecule has 1 heterocycles. The summed E-state index contributed by atoms with van der Waals surface area (Å²) >= 11 is 0. The van der Waals surface area contributed by atoms with Gasteiger partial charge in [0.25, 0.3) is 0 Å². The maximum atomic E-state index is 9.91. The van der Waals surface area contributed by atoms with Crippen LogP contribution in [-0.2, 0) is 16.1 Å². The number of hydrogen-bond acceptors (Lipinski definition) is 9. The highest BCUT2D eigenvalue weighted by Crippen LogP contribution is 2.37. The molecule has 1 saturated heterocycles. The fraction of sp³-hybridized carbons (Fsp3) is 0.600. The Morgan fingerprint density at radius 1 is 1.00 bits per heavy atom. The summed E-state index contributed by atoms with van der Waals surface area (Å²) in [7, 11) is 2.77. The van der Waals surface area contributed by atoms with E-state index in [9.17, 15) is 20.4 Å². The van der Waals surface area contributed by atoms with Crippen molar-refractivity contribution >= 4 is 0 Å². The Bertz CT molecular complexity index is 523. The number of rotatable bonds is 6. The summed E-state index contributed by atoms with van der Waals surface area (Å²) in [6, 6.07) is 3.03. The first kappa shape index (κ1) is 18.7. The molecule has 9 heteroatoms. The van der Waals surface area contributed by atoms with Crippen molar-refractivity contribution in [2.75, 3.05) is 20.8 Å². The van der Waals surface area contributed by atoms with Crippen molar-refractivity contribution in [1.82, 2.24) is 0 Å². The molecule has 1 aromatic rings. The lowest BCUT2D eigenvalue weighted by Gasteiger charge is -2.39. The van der Waals surface area contributed by atoms with Gasteiger partial charge in [-0.2, -0.15) is 0 Å². The van der Waals surface area contributed by atoms with Crippen molar-refractivity contribution in [2.24, 2.45) is 0 Å². The van der Waals surface area contributed by atoms with Gasteiger partial charge in [-0.1, -0.05) is 0 Å². The molecule has 5 atom stereocenters. The van der Waals surface area contributed by atoms with Gasteiger partial charge < -0.3 is 44.5 Å². The van der Waals surface area contributed by atoms with Gasteiger partial charge in [0.1, 0.15) is 24.4 Å². The van der Waals surface area contributed by atoms with E-state index in [0.717, 1.165) is 0 Å². The fourth-order valence-electron chi connectivity index (χ4n) is 2.41. The van der Waals surface area contributed by atoms with Gasteiger partial charge in [0.15, 0.2) is 17.8 Å². The second-order valence-corrected chi connectivity index (χ2v) is 5.36. The van der Waals surface area contributed by atoms with E-state index in [-0.39, 0.29) is 23.9 Å². The Morgan fingerprint density at radius 2 is 1.58 bits per heavy atom. The van der Waals surface area contributed by atoms with Crippen molar-refractivity contribution in [2.45, 2.75) is 37.3 Å². The van der Waals surface area contributed by atoms with Crippen LogP contribution in [0.5, 0.6) is 17.2 Å². The van der Waals surface area contributed by atoms with Crippen molar-refractivity contribution in [3.05, 3.63) is 17.7 Å².